The summed E-state index contributed by atoms with van der Waals surface area (Å²) in [5.74, 6) is -0.623. The summed E-state index contributed by atoms with van der Waals surface area (Å²) in [6, 6.07) is 0.135. The van der Waals surface area contributed by atoms with Crippen LogP contribution in [0.2, 0.25) is 0 Å². The molecule has 0 spiro atoms. The first kappa shape index (κ1) is 15.9. The second kappa shape index (κ2) is 8.09. The van der Waals surface area contributed by atoms with E-state index in [9.17, 15) is 9.59 Å². The molecule has 1 amide bonds. The lowest BCUT2D eigenvalue weighted by Crippen LogP contribution is -2.41. The van der Waals surface area contributed by atoms with Crippen LogP contribution in [-0.2, 0) is 9.59 Å². The van der Waals surface area contributed by atoms with Gasteiger partial charge in [-0.15, -0.1) is 0 Å². The number of hydrogen-bond acceptors (Lipinski definition) is 2. The Morgan fingerprint density at radius 1 is 1.24 bits per heavy atom. The highest BCUT2D eigenvalue weighted by Gasteiger charge is 2.21. The van der Waals surface area contributed by atoms with Gasteiger partial charge in [-0.3, -0.25) is 9.59 Å². The van der Waals surface area contributed by atoms with Crippen molar-refractivity contribution in [2.45, 2.75) is 59.4 Å². The largest absolute Gasteiger partial charge is 0.481 e. The number of hydrogen-bond donors (Lipinski definition) is 1. The van der Waals surface area contributed by atoms with Gasteiger partial charge in [0.25, 0.3) is 0 Å². The Balaban J connectivity index is 4.31. The third-order valence-electron chi connectivity index (χ3n) is 2.84. The van der Waals surface area contributed by atoms with E-state index in [1.165, 1.54) is 0 Å². The zero-order valence-electron chi connectivity index (χ0n) is 11.4. The van der Waals surface area contributed by atoms with Gasteiger partial charge in [-0.25, -0.2) is 0 Å². The van der Waals surface area contributed by atoms with Crippen molar-refractivity contribution in [3.05, 3.63) is 0 Å². The predicted octanol–water partition coefficient (Wildman–Crippen LogP) is 2.52. The van der Waals surface area contributed by atoms with Gasteiger partial charge in [0.05, 0.1) is 0 Å². The van der Waals surface area contributed by atoms with Crippen molar-refractivity contribution in [1.29, 1.82) is 0 Å². The van der Waals surface area contributed by atoms with Crippen LogP contribution in [0.5, 0.6) is 0 Å². The number of amides is 1. The minimum absolute atomic E-state index is 0.0345. The molecule has 0 aromatic rings. The molecule has 0 saturated heterocycles. The summed E-state index contributed by atoms with van der Waals surface area (Å²) in [4.78, 5) is 24.4. The number of aliphatic carboxylic acids is 1. The molecule has 0 aliphatic carbocycles. The van der Waals surface area contributed by atoms with Crippen molar-refractivity contribution in [1.82, 2.24) is 4.90 Å². The summed E-state index contributed by atoms with van der Waals surface area (Å²) in [5, 5.41) is 8.59. The molecule has 1 N–H and O–H groups in total. The molecule has 17 heavy (non-hydrogen) atoms. The summed E-state index contributed by atoms with van der Waals surface area (Å²) in [7, 11) is 0. The van der Waals surface area contributed by atoms with Crippen LogP contribution in [0, 0.1) is 5.92 Å². The topological polar surface area (TPSA) is 57.6 Å². The predicted molar refractivity (Wildman–Crippen MR) is 67.8 cm³/mol. The lowest BCUT2D eigenvalue weighted by molar-refractivity contribution is -0.140. The van der Waals surface area contributed by atoms with Crippen LogP contribution in [-0.4, -0.2) is 34.5 Å². The van der Waals surface area contributed by atoms with Gasteiger partial charge in [0.15, 0.2) is 0 Å². The van der Waals surface area contributed by atoms with E-state index in [1.807, 2.05) is 20.8 Å². The Labute approximate surface area is 104 Å². The number of carbonyl (C=O) groups excluding carboxylic acids is 1. The van der Waals surface area contributed by atoms with E-state index in [0.29, 0.717) is 13.0 Å². The molecular formula is C13H25NO3. The molecule has 0 rings (SSSR count). The molecular weight excluding hydrogens is 218 g/mol. The maximum Gasteiger partial charge on any atom is 0.303 e. The monoisotopic (exact) mass is 243 g/mol. The molecule has 4 heteroatoms. The first-order chi connectivity index (χ1) is 7.90. The maximum absolute atomic E-state index is 12.1. The first-order valence-electron chi connectivity index (χ1n) is 6.42. The smallest absolute Gasteiger partial charge is 0.303 e. The average molecular weight is 243 g/mol. The second-order valence-electron chi connectivity index (χ2n) is 4.81. The molecule has 0 aliphatic rings. The van der Waals surface area contributed by atoms with Gasteiger partial charge >= 0.3 is 5.97 Å². The van der Waals surface area contributed by atoms with Gasteiger partial charge in [-0.05, 0) is 26.7 Å². The lowest BCUT2D eigenvalue weighted by Gasteiger charge is -2.29. The molecule has 0 aromatic carbocycles. The zero-order valence-corrected chi connectivity index (χ0v) is 11.4. The minimum Gasteiger partial charge on any atom is -0.481 e. The molecule has 0 saturated carbocycles. The zero-order chi connectivity index (χ0) is 13.4. The molecule has 1 unspecified atom stereocenters. The van der Waals surface area contributed by atoms with Crippen LogP contribution in [0.1, 0.15) is 53.4 Å². The molecule has 0 bridgehead atoms. The van der Waals surface area contributed by atoms with Crippen molar-refractivity contribution in [2.75, 3.05) is 6.54 Å². The van der Waals surface area contributed by atoms with E-state index in [-0.39, 0.29) is 24.3 Å². The summed E-state index contributed by atoms with van der Waals surface area (Å²) < 4.78 is 0. The van der Waals surface area contributed by atoms with Gasteiger partial charge in [0, 0.05) is 24.9 Å². The van der Waals surface area contributed by atoms with Crippen LogP contribution in [0.3, 0.4) is 0 Å². The highest BCUT2D eigenvalue weighted by Crippen LogP contribution is 2.13. The summed E-state index contributed by atoms with van der Waals surface area (Å²) in [5.41, 5.74) is 0. The van der Waals surface area contributed by atoms with Crippen molar-refractivity contribution < 1.29 is 14.7 Å². The van der Waals surface area contributed by atoms with Crippen LogP contribution in [0.4, 0.5) is 0 Å². The number of carbonyl (C=O) groups is 2. The van der Waals surface area contributed by atoms with Crippen molar-refractivity contribution in [3.8, 4) is 0 Å². The lowest BCUT2D eigenvalue weighted by atomic mass is 10.0. The molecule has 1 atom stereocenters. The van der Waals surface area contributed by atoms with Crippen molar-refractivity contribution in [2.24, 2.45) is 5.92 Å². The highest BCUT2D eigenvalue weighted by atomic mass is 16.4. The van der Waals surface area contributed by atoms with Gasteiger partial charge in [0.1, 0.15) is 0 Å². The van der Waals surface area contributed by atoms with E-state index in [1.54, 1.807) is 4.90 Å². The van der Waals surface area contributed by atoms with Crippen LogP contribution in [0.15, 0.2) is 0 Å². The fraction of sp³-hybridized carbons (Fsp3) is 0.846. The van der Waals surface area contributed by atoms with E-state index in [2.05, 4.69) is 6.92 Å². The SMILES string of the molecule is CCCC(C)C(=O)N(CCCC(=O)O)C(C)C. The minimum atomic E-state index is -0.803. The quantitative estimate of drug-likeness (QED) is 0.712. The van der Waals surface area contributed by atoms with Crippen LogP contribution >= 0.6 is 0 Å². The Bertz CT molecular complexity index is 251. The fourth-order valence-electron chi connectivity index (χ4n) is 1.86. The Hall–Kier alpha value is -1.06. The van der Waals surface area contributed by atoms with Crippen LogP contribution in [0.25, 0.3) is 0 Å². The Morgan fingerprint density at radius 2 is 1.82 bits per heavy atom. The number of nitrogens with zero attached hydrogens (tertiary/aromatic N) is 1. The summed E-state index contributed by atoms with van der Waals surface area (Å²) in [6.45, 7) is 8.48. The van der Waals surface area contributed by atoms with E-state index >= 15 is 0 Å². The standard InChI is InChI=1S/C13H25NO3/c1-5-7-11(4)13(17)14(10(2)3)9-6-8-12(15)16/h10-11H,5-9H2,1-4H3,(H,15,16). The molecule has 0 fully saturated rings. The van der Waals surface area contributed by atoms with E-state index < -0.39 is 5.97 Å². The molecule has 100 valence electrons. The Kier molecular flexibility index (Phi) is 7.59. The van der Waals surface area contributed by atoms with Gasteiger partial charge in [-0.2, -0.15) is 0 Å². The molecule has 0 heterocycles. The molecule has 0 radical (unpaired) electrons. The van der Waals surface area contributed by atoms with E-state index in [4.69, 9.17) is 5.11 Å². The Morgan fingerprint density at radius 3 is 2.24 bits per heavy atom. The number of rotatable bonds is 8. The average Bonchev–Trinajstić information content (AvgIpc) is 2.23. The highest BCUT2D eigenvalue weighted by molar-refractivity contribution is 5.78. The maximum atomic E-state index is 12.1. The van der Waals surface area contributed by atoms with Gasteiger partial charge in [-0.1, -0.05) is 20.3 Å². The summed E-state index contributed by atoms with van der Waals surface area (Å²) >= 11 is 0. The van der Waals surface area contributed by atoms with Gasteiger partial charge < -0.3 is 10.0 Å². The molecule has 0 aromatic heterocycles. The fourth-order valence-corrected chi connectivity index (χ4v) is 1.86. The first-order valence-corrected chi connectivity index (χ1v) is 6.42. The third-order valence-corrected chi connectivity index (χ3v) is 2.84. The third kappa shape index (κ3) is 6.29. The number of carboxylic acids is 1. The van der Waals surface area contributed by atoms with Crippen molar-refractivity contribution in [3.63, 3.8) is 0 Å². The molecule has 0 aliphatic heterocycles. The normalized spacial score (nSPS) is 12.5. The van der Waals surface area contributed by atoms with Crippen molar-refractivity contribution >= 4 is 11.9 Å². The second-order valence-corrected chi connectivity index (χ2v) is 4.81. The van der Waals surface area contributed by atoms with Gasteiger partial charge in [0.2, 0.25) is 5.91 Å². The summed E-state index contributed by atoms with van der Waals surface area (Å²) in [6.07, 6.45) is 2.53. The molecule has 4 nitrogen and oxygen atoms in total. The number of carboxylic acid groups (broad SMARTS) is 1. The van der Waals surface area contributed by atoms with E-state index in [0.717, 1.165) is 12.8 Å². The van der Waals surface area contributed by atoms with Crippen LogP contribution < -0.4 is 0 Å².